The van der Waals surface area contributed by atoms with Crippen LogP contribution < -0.4 is 17.2 Å². The average molecular weight is 301 g/mol. The molecule has 7 heteroatoms. The molecule has 3 rings (SSSR count). The summed E-state index contributed by atoms with van der Waals surface area (Å²) in [5, 5.41) is 9.89. The number of likely N-dealkylation sites (tertiary alicyclic amines) is 1. The third kappa shape index (κ3) is 2.87. The quantitative estimate of drug-likeness (QED) is 0.690. The molecule has 22 heavy (non-hydrogen) atoms. The van der Waals surface area contributed by atoms with E-state index in [4.69, 9.17) is 11.5 Å². The molecule has 1 aromatic carbocycles. The Morgan fingerprint density at radius 3 is 2.50 bits per heavy atom. The van der Waals surface area contributed by atoms with Gasteiger partial charge in [0.15, 0.2) is 0 Å². The van der Waals surface area contributed by atoms with Crippen molar-refractivity contribution in [3.63, 3.8) is 0 Å². The Morgan fingerprint density at radius 2 is 1.91 bits per heavy atom. The van der Waals surface area contributed by atoms with E-state index < -0.39 is 11.3 Å². The van der Waals surface area contributed by atoms with Crippen LogP contribution in [0, 0.1) is 0 Å². The topological polar surface area (TPSA) is 110 Å². The smallest absolute Gasteiger partial charge is 0.354 e. The number of hydrogen-bond acceptors (Lipinski definition) is 6. The molecule has 2 heterocycles. The summed E-state index contributed by atoms with van der Waals surface area (Å²) in [6.45, 7) is 2.21. The molecule has 0 saturated carbocycles. The van der Waals surface area contributed by atoms with Gasteiger partial charge in [-0.1, -0.05) is 12.1 Å². The number of aromatic nitrogens is 2. The van der Waals surface area contributed by atoms with E-state index >= 15 is 0 Å². The summed E-state index contributed by atoms with van der Waals surface area (Å²) < 4.78 is 1.44. The summed E-state index contributed by atoms with van der Waals surface area (Å²) in [5.74, 6) is 0.211. The van der Waals surface area contributed by atoms with Gasteiger partial charge in [0.2, 0.25) is 0 Å². The van der Waals surface area contributed by atoms with Crippen molar-refractivity contribution in [2.45, 2.75) is 12.1 Å². The first-order valence-corrected chi connectivity index (χ1v) is 7.08. The Morgan fingerprint density at radius 1 is 1.23 bits per heavy atom. The Hall–Kier alpha value is -2.22. The summed E-state index contributed by atoms with van der Waals surface area (Å²) in [7, 11) is 0. The molecule has 0 aliphatic carbocycles. The lowest BCUT2D eigenvalue weighted by atomic mass is 9.94. The van der Waals surface area contributed by atoms with Crippen LogP contribution in [0.15, 0.2) is 41.3 Å². The third-order valence-electron chi connectivity index (χ3n) is 3.86. The Balaban J connectivity index is 1.70. The molecule has 1 saturated heterocycles. The van der Waals surface area contributed by atoms with Gasteiger partial charge in [-0.3, -0.25) is 9.47 Å². The number of nitrogen functional groups attached to an aromatic ring is 1. The van der Waals surface area contributed by atoms with Gasteiger partial charge >= 0.3 is 5.69 Å². The number of aliphatic hydroxyl groups is 1. The molecule has 0 unspecified atom stereocenters. The van der Waals surface area contributed by atoms with Crippen LogP contribution in [0.25, 0.3) is 5.69 Å². The molecule has 7 nitrogen and oxygen atoms in total. The largest absolute Gasteiger partial charge is 0.386 e. The van der Waals surface area contributed by atoms with E-state index in [0.717, 1.165) is 17.8 Å². The van der Waals surface area contributed by atoms with Crippen LogP contribution in [-0.2, 0) is 6.54 Å². The first-order chi connectivity index (χ1) is 10.5. The fraction of sp³-hybridized carbons (Fsp3) is 0.333. The van der Waals surface area contributed by atoms with Crippen LogP contribution in [0.1, 0.15) is 5.56 Å². The predicted octanol–water partition coefficient (Wildman–Crippen LogP) is -0.680. The van der Waals surface area contributed by atoms with E-state index in [-0.39, 0.29) is 12.4 Å². The second-order valence-electron chi connectivity index (χ2n) is 5.75. The Bertz CT molecular complexity index is 719. The SMILES string of the molecule is NCC1(O)CN(Cc2ccc(-n3ccc(N)nc3=O)cc2)C1. The van der Waals surface area contributed by atoms with Gasteiger partial charge in [0, 0.05) is 32.4 Å². The van der Waals surface area contributed by atoms with Crippen LogP contribution in [0.3, 0.4) is 0 Å². The monoisotopic (exact) mass is 301 g/mol. The molecule has 0 radical (unpaired) electrons. The third-order valence-corrected chi connectivity index (χ3v) is 3.86. The molecule has 116 valence electrons. The van der Waals surface area contributed by atoms with Crippen molar-refractivity contribution in [2.75, 3.05) is 25.4 Å². The van der Waals surface area contributed by atoms with E-state index in [0.29, 0.717) is 13.1 Å². The number of nitrogens with zero attached hydrogens (tertiary/aromatic N) is 3. The van der Waals surface area contributed by atoms with Gasteiger partial charge in [0.05, 0.1) is 5.69 Å². The van der Waals surface area contributed by atoms with E-state index in [9.17, 15) is 9.90 Å². The molecule has 0 amide bonds. The fourth-order valence-corrected chi connectivity index (χ4v) is 2.66. The first-order valence-electron chi connectivity index (χ1n) is 7.08. The van der Waals surface area contributed by atoms with Gasteiger partial charge in [0.1, 0.15) is 11.4 Å². The van der Waals surface area contributed by atoms with Crippen molar-refractivity contribution in [2.24, 2.45) is 5.73 Å². The molecule has 1 aliphatic rings. The van der Waals surface area contributed by atoms with Gasteiger partial charge in [-0.05, 0) is 23.8 Å². The van der Waals surface area contributed by atoms with Gasteiger partial charge in [0.25, 0.3) is 0 Å². The maximum absolute atomic E-state index is 11.8. The summed E-state index contributed by atoms with van der Waals surface area (Å²) in [6.07, 6.45) is 1.61. The number of nitrogens with two attached hydrogens (primary N) is 2. The molecular formula is C15H19N5O2. The maximum atomic E-state index is 11.8. The maximum Gasteiger partial charge on any atom is 0.354 e. The van der Waals surface area contributed by atoms with Crippen LogP contribution in [0.4, 0.5) is 5.82 Å². The molecular weight excluding hydrogens is 282 g/mol. The number of rotatable bonds is 4. The molecule has 1 aromatic heterocycles. The minimum absolute atomic E-state index is 0.211. The van der Waals surface area contributed by atoms with Crippen molar-refractivity contribution in [1.82, 2.24) is 14.5 Å². The highest BCUT2D eigenvalue weighted by atomic mass is 16.3. The second-order valence-corrected chi connectivity index (χ2v) is 5.75. The summed E-state index contributed by atoms with van der Waals surface area (Å²) in [5.41, 5.74) is 11.7. The van der Waals surface area contributed by atoms with Gasteiger partial charge in [-0.15, -0.1) is 0 Å². The molecule has 0 atom stereocenters. The first kappa shape index (κ1) is 14.7. The van der Waals surface area contributed by atoms with Crippen LogP contribution in [-0.4, -0.2) is 44.8 Å². The minimum Gasteiger partial charge on any atom is -0.386 e. The standard InChI is InChI=1S/C15H19N5O2/c16-8-15(22)9-19(10-15)7-11-1-3-12(4-2-11)20-6-5-13(17)18-14(20)21/h1-6,22H,7-10,16H2,(H2,17,18,21). The Labute approximate surface area is 127 Å². The summed E-state index contributed by atoms with van der Waals surface area (Å²) in [4.78, 5) is 17.6. The number of β-amino-alcohol motifs (C(OH)–C–C–N with tert-alkyl or cyclic N) is 1. The number of anilines is 1. The fourth-order valence-electron chi connectivity index (χ4n) is 2.66. The lowest BCUT2D eigenvalue weighted by Gasteiger charge is -2.45. The highest BCUT2D eigenvalue weighted by Gasteiger charge is 2.39. The zero-order chi connectivity index (χ0) is 15.7. The van der Waals surface area contributed by atoms with E-state index in [1.165, 1.54) is 4.57 Å². The van der Waals surface area contributed by atoms with Gasteiger partial charge < -0.3 is 16.6 Å². The summed E-state index contributed by atoms with van der Waals surface area (Å²) in [6, 6.07) is 9.23. The zero-order valence-corrected chi connectivity index (χ0v) is 12.1. The zero-order valence-electron chi connectivity index (χ0n) is 12.1. The minimum atomic E-state index is -0.733. The molecule has 0 bridgehead atoms. The second kappa shape index (κ2) is 5.53. The van der Waals surface area contributed by atoms with E-state index in [1.54, 1.807) is 12.3 Å². The lowest BCUT2D eigenvalue weighted by Crippen LogP contribution is -2.64. The van der Waals surface area contributed by atoms with Crippen LogP contribution in [0.2, 0.25) is 0 Å². The number of benzene rings is 1. The van der Waals surface area contributed by atoms with Crippen LogP contribution in [0.5, 0.6) is 0 Å². The average Bonchev–Trinajstić information content (AvgIpc) is 2.46. The Kier molecular flexibility index (Phi) is 3.69. The number of hydrogen-bond donors (Lipinski definition) is 3. The van der Waals surface area contributed by atoms with Crippen molar-refractivity contribution in [1.29, 1.82) is 0 Å². The van der Waals surface area contributed by atoms with Crippen LogP contribution >= 0.6 is 0 Å². The van der Waals surface area contributed by atoms with Crippen molar-refractivity contribution >= 4 is 5.82 Å². The van der Waals surface area contributed by atoms with Gasteiger partial charge in [-0.25, -0.2) is 4.79 Å². The van der Waals surface area contributed by atoms with E-state index in [2.05, 4.69) is 9.88 Å². The van der Waals surface area contributed by atoms with Crippen molar-refractivity contribution in [3.05, 3.63) is 52.6 Å². The molecule has 5 N–H and O–H groups in total. The lowest BCUT2D eigenvalue weighted by molar-refractivity contribution is -0.0937. The summed E-state index contributed by atoms with van der Waals surface area (Å²) >= 11 is 0. The molecule has 1 aliphatic heterocycles. The van der Waals surface area contributed by atoms with E-state index in [1.807, 2.05) is 24.3 Å². The van der Waals surface area contributed by atoms with Crippen molar-refractivity contribution in [3.8, 4) is 5.69 Å². The normalized spacial score (nSPS) is 17.2. The molecule has 0 spiro atoms. The molecule has 1 fully saturated rings. The predicted molar refractivity (Wildman–Crippen MR) is 83.5 cm³/mol. The molecule has 2 aromatic rings. The highest BCUT2D eigenvalue weighted by molar-refractivity contribution is 5.36. The highest BCUT2D eigenvalue weighted by Crippen LogP contribution is 2.22. The van der Waals surface area contributed by atoms with Crippen molar-refractivity contribution < 1.29 is 5.11 Å². The van der Waals surface area contributed by atoms with Gasteiger partial charge in [-0.2, -0.15) is 4.98 Å².